The van der Waals surface area contributed by atoms with Crippen molar-refractivity contribution < 1.29 is 5.11 Å². The lowest BCUT2D eigenvalue weighted by molar-refractivity contribution is -0.132. The van der Waals surface area contributed by atoms with Crippen molar-refractivity contribution in [3.05, 3.63) is 0 Å². The van der Waals surface area contributed by atoms with E-state index in [-0.39, 0.29) is 11.5 Å². The topological polar surface area (TPSA) is 98.3 Å². The summed E-state index contributed by atoms with van der Waals surface area (Å²) in [5.74, 6) is 3.98. The van der Waals surface area contributed by atoms with Gasteiger partial charge in [0.2, 0.25) is 0 Å². The predicted molar refractivity (Wildman–Crippen MR) is 115 cm³/mol. The highest BCUT2D eigenvalue weighted by Crippen LogP contribution is 2.67. The molecule has 0 aliphatic heterocycles. The molecule has 0 aromatic rings. The molecule has 7 N–H and O–H groups in total. The molecule has 0 bridgehead atoms. The number of hydrogen-bond donors (Lipinski definition) is 4. The SMILES string of the molecule is CC(CCCO)[C@H]1CCC2C3C(N)CC4CC(N)CC[C@]4(C)C3CC(N)[C@@]21C. The Kier molecular flexibility index (Phi) is 5.66. The molecule has 4 saturated carbocycles. The van der Waals surface area contributed by atoms with Crippen LogP contribution in [-0.2, 0) is 0 Å². The van der Waals surface area contributed by atoms with E-state index >= 15 is 0 Å². The van der Waals surface area contributed by atoms with Gasteiger partial charge in [-0.15, -0.1) is 0 Å². The van der Waals surface area contributed by atoms with E-state index in [1.807, 2.05) is 0 Å². The number of aliphatic hydroxyl groups is 1. The molecule has 0 aromatic carbocycles. The molecule has 0 heterocycles. The normalized spacial score (nSPS) is 54.5. The first-order valence-electron chi connectivity index (χ1n) is 12.1. The van der Waals surface area contributed by atoms with Crippen LogP contribution in [0, 0.1) is 46.3 Å². The van der Waals surface area contributed by atoms with Crippen LogP contribution in [-0.4, -0.2) is 29.8 Å². The monoisotopic (exact) mass is 391 g/mol. The van der Waals surface area contributed by atoms with Crippen molar-refractivity contribution in [3.8, 4) is 0 Å². The van der Waals surface area contributed by atoms with Gasteiger partial charge in [0.1, 0.15) is 0 Å². The fourth-order valence-corrected chi connectivity index (χ4v) is 8.99. The summed E-state index contributed by atoms with van der Waals surface area (Å²) in [5.41, 5.74) is 21.0. The first-order chi connectivity index (χ1) is 13.2. The van der Waals surface area contributed by atoms with Gasteiger partial charge in [-0.05, 0) is 104 Å². The molecule has 8 unspecified atom stereocenters. The molecular weight excluding hydrogens is 346 g/mol. The lowest BCUT2D eigenvalue weighted by Crippen LogP contribution is -2.65. The molecule has 0 aromatic heterocycles. The van der Waals surface area contributed by atoms with Gasteiger partial charge >= 0.3 is 0 Å². The minimum Gasteiger partial charge on any atom is -0.396 e. The molecule has 0 radical (unpaired) electrons. The predicted octanol–water partition coefficient (Wildman–Crippen LogP) is 3.26. The van der Waals surface area contributed by atoms with E-state index in [2.05, 4.69) is 20.8 Å². The summed E-state index contributed by atoms with van der Waals surface area (Å²) >= 11 is 0. The molecule has 11 atom stereocenters. The van der Waals surface area contributed by atoms with Crippen molar-refractivity contribution in [2.24, 2.45) is 63.5 Å². The zero-order valence-electron chi connectivity index (χ0n) is 18.4. The van der Waals surface area contributed by atoms with Crippen molar-refractivity contribution in [2.45, 2.75) is 96.7 Å². The minimum atomic E-state index is 0.210. The Morgan fingerprint density at radius 1 is 1.00 bits per heavy atom. The maximum atomic E-state index is 9.30. The molecule has 4 rings (SSSR count). The summed E-state index contributed by atoms with van der Waals surface area (Å²) in [6, 6.07) is 0.963. The summed E-state index contributed by atoms with van der Waals surface area (Å²) in [6.45, 7) is 7.76. The quantitative estimate of drug-likeness (QED) is 0.591. The molecule has 28 heavy (non-hydrogen) atoms. The van der Waals surface area contributed by atoms with E-state index in [0.717, 1.165) is 32.1 Å². The third kappa shape index (κ3) is 3.01. The molecule has 4 heteroatoms. The highest BCUT2D eigenvalue weighted by atomic mass is 16.2. The largest absolute Gasteiger partial charge is 0.396 e. The number of aliphatic hydroxyl groups excluding tert-OH is 1. The molecule has 0 spiro atoms. The number of hydrogen-bond acceptors (Lipinski definition) is 4. The lowest BCUT2D eigenvalue weighted by atomic mass is 9.42. The van der Waals surface area contributed by atoms with Crippen LogP contribution in [0.1, 0.15) is 78.6 Å². The van der Waals surface area contributed by atoms with Gasteiger partial charge in [-0.3, -0.25) is 0 Å². The van der Waals surface area contributed by atoms with Crippen molar-refractivity contribution in [1.82, 2.24) is 0 Å². The maximum Gasteiger partial charge on any atom is 0.0431 e. The Labute approximate surface area is 172 Å². The first kappa shape index (κ1) is 21.1. The van der Waals surface area contributed by atoms with Crippen LogP contribution in [0.3, 0.4) is 0 Å². The van der Waals surface area contributed by atoms with E-state index in [1.165, 1.54) is 25.7 Å². The average Bonchev–Trinajstić information content (AvgIpc) is 3.01. The van der Waals surface area contributed by atoms with Crippen molar-refractivity contribution in [3.63, 3.8) is 0 Å². The van der Waals surface area contributed by atoms with E-state index in [0.29, 0.717) is 59.6 Å². The molecule has 4 fully saturated rings. The van der Waals surface area contributed by atoms with Crippen molar-refractivity contribution in [2.75, 3.05) is 6.61 Å². The van der Waals surface area contributed by atoms with Crippen LogP contribution in [0.15, 0.2) is 0 Å². The Hall–Kier alpha value is -0.160. The summed E-state index contributed by atoms with van der Waals surface area (Å²) in [7, 11) is 0. The van der Waals surface area contributed by atoms with Gasteiger partial charge in [-0.25, -0.2) is 0 Å². The Bertz CT molecular complexity index is 570. The van der Waals surface area contributed by atoms with Gasteiger partial charge in [0.05, 0.1) is 0 Å². The van der Waals surface area contributed by atoms with Gasteiger partial charge in [-0.2, -0.15) is 0 Å². The summed E-state index contributed by atoms with van der Waals surface area (Å²) in [5, 5.41) is 9.30. The van der Waals surface area contributed by atoms with Crippen molar-refractivity contribution in [1.29, 1.82) is 0 Å². The molecule has 0 saturated heterocycles. The first-order valence-corrected chi connectivity index (χ1v) is 12.1. The van der Waals surface area contributed by atoms with E-state index < -0.39 is 0 Å². The molecular formula is C24H45N3O. The fraction of sp³-hybridized carbons (Fsp3) is 1.00. The molecule has 0 amide bonds. The van der Waals surface area contributed by atoms with Gasteiger partial charge in [0.25, 0.3) is 0 Å². The van der Waals surface area contributed by atoms with Gasteiger partial charge in [0.15, 0.2) is 0 Å². The van der Waals surface area contributed by atoms with Crippen LogP contribution in [0.25, 0.3) is 0 Å². The maximum absolute atomic E-state index is 9.30. The van der Waals surface area contributed by atoms with E-state index in [1.54, 1.807) is 0 Å². The van der Waals surface area contributed by atoms with Crippen LogP contribution >= 0.6 is 0 Å². The third-order valence-electron chi connectivity index (χ3n) is 10.6. The summed E-state index contributed by atoms with van der Waals surface area (Å²) in [4.78, 5) is 0. The zero-order valence-corrected chi connectivity index (χ0v) is 18.4. The Morgan fingerprint density at radius 2 is 1.75 bits per heavy atom. The van der Waals surface area contributed by atoms with Crippen molar-refractivity contribution >= 4 is 0 Å². The van der Waals surface area contributed by atoms with Crippen LogP contribution in [0.4, 0.5) is 0 Å². The number of fused-ring (bicyclic) bond motifs is 5. The second-order valence-electron chi connectivity index (χ2n) is 11.7. The number of rotatable bonds is 4. The average molecular weight is 392 g/mol. The lowest BCUT2D eigenvalue weighted by Gasteiger charge is -2.64. The van der Waals surface area contributed by atoms with E-state index in [9.17, 15) is 5.11 Å². The van der Waals surface area contributed by atoms with Crippen LogP contribution in [0.5, 0.6) is 0 Å². The minimum absolute atomic E-state index is 0.210. The molecule has 4 nitrogen and oxygen atoms in total. The molecule has 4 aliphatic rings. The summed E-state index contributed by atoms with van der Waals surface area (Å²) < 4.78 is 0. The smallest absolute Gasteiger partial charge is 0.0431 e. The van der Waals surface area contributed by atoms with Crippen LogP contribution in [0.2, 0.25) is 0 Å². The van der Waals surface area contributed by atoms with Gasteiger partial charge in [0, 0.05) is 24.7 Å². The molecule has 4 aliphatic carbocycles. The zero-order chi connectivity index (χ0) is 20.3. The third-order valence-corrected chi connectivity index (χ3v) is 10.6. The molecule has 162 valence electrons. The second kappa shape index (κ2) is 7.51. The fourth-order valence-electron chi connectivity index (χ4n) is 8.99. The Balaban J connectivity index is 1.62. The second-order valence-corrected chi connectivity index (χ2v) is 11.7. The standard InChI is InChI=1S/C24H45N3O/c1-14(5-4-10-28)17-6-7-18-22-19(13-21(27)24(17,18)3)23(2)9-8-16(25)11-15(23)12-20(22)26/h14-22,28H,4-13,25-27H2,1-3H3/t14?,15?,16?,17-,18?,19?,20?,21?,22?,23+,24-/m1/s1. The van der Waals surface area contributed by atoms with E-state index in [4.69, 9.17) is 17.2 Å². The van der Waals surface area contributed by atoms with Gasteiger partial charge in [-0.1, -0.05) is 20.8 Å². The summed E-state index contributed by atoms with van der Waals surface area (Å²) in [6.07, 6.45) is 10.5. The Morgan fingerprint density at radius 3 is 2.46 bits per heavy atom. The highest BCUT2D eigenvalue weighted by molar-refractivity contribution is 5.16. The van der Waals surface area contributed by atoms with Crippen LogP contribution < -0.4 is 17.2 Å². The van der Waals surface area contributed by atoms with Gasteiger partial charge < -0.3 is 22.3 Å². The number of nitrogens with two attached hydrogens (primary N) is 3. The highest BCUT2D eigenvalue weighted by Gasteiger charge is 2.64.